The van der Waals surface area contributed by atoms with Gasteiger partial charge in [-0.25, -0.2) is 9.59 Å². The van der Waals surface area contributed by atoms with Gasteiger partial charge in [0.25, 0.3) is 0 Å². The van der Waals surface area contributed by atoms with E-state index in [1.54, 1.807) is 0 Å². The van der Waals surface area contributed by atoms with Gasteiger partial charge in [-0.3, -0.25) is 0 Å². The SMILES string of the molecule is CC(CCc1ccccc1)NC(=O)NCC(O)C(=O)O. The van der Waals surface area contributed by atoms with E-state index in [1.807, 2.05) is 37.3 Å². The summed E-state index contributed by atoms with van der Waals surface area (Å²) in [6.07, 6.45) is 0.0410. The molecule has 6 heteroatoms. The van der Waals surface area contributed by atoms with Gasteiger partial charge in [-0.2, -0.15) is 0 Å². The molecule has 2 amide bonds. The van der Waals surface area contributed by atoms with Crippen molar-refractivity contribution in [3.8, 4) is 0 Å². The van der Waals surface area contributed by atoms with Gasteiger partial charge in [0.15, 0.2) is 6.10 Å². The number of benzene rings is 1. The Labute approximate surface area is 117 Å². The zero-order valence-corrected chi connectivity index (χ0v) is 11.4. The number of aliphatic hydroxyl groups excluding tert-OH is 1. The molecule has 4 N–H and O–H groups in total. The molecule has 0 saturated carbocycles. The lowest BCUT2D eigenvalue weighted by Gasteiger charge is -2.15. The molecule has 1 rings (SSSR count). The average Bonchev–Trinajstić information content (AvgIpc) is 2.43. The number of carbonyl (C=O) groups excluding carboxylic acids is 1. The quantitative estimate of drug-likeness (QED) is 0.592. The van der Waals surface area contributed by atoms with Crippen molar-refractivity contribution >= 4 is 12.0 Å². The first-order chi connectivity index (χ1) is 9.49. The first kappa shape index (κ1) is 16.0. The Morgan fingerprint density at radius 2 is 1.90 bits per heavy atom. The van der Waals surface area contributed by atoms with E-state index in [0.717, 1.165) is 12.8 Å². The molecule has 0 radical (unpaired) electrons. The third-order valence-corrected chi connectivity index (χ3v) is 2.83. The van der Waals surface area contributed by atoms with Crippen LogP contribution in [0.15, 0.2) is 30.3 Å². The maximum absolute atomic E-state index is 11.5. The molecule has 0 aliphatic heterocycles. The molecule has 0 saturated heterocycles. The van der Waals surface area contributed by atoms with Crippen molar-refractivity contribution in [2.24, 2.45) is 0 Å². The number of aryl methyl sites for hydroxylation is 1. The molecule has 1 aromatic rings. The molecule has 0 heterocycles. The third kappa shape index (κ3) is 6.19. The summed E-state index contributed by atoms with van der Waals surface area (Å²) in [5.74, 6) is -1.36. The fourth-order valence-electron chi connectivity index (χ4n) is 1.65. The Kier molecular flexibility index (Phi) is 6.52. The maximum atomic E-state index is 11.5. The van der Waals surface area contributed by atoms with Gasteiger partial charge < -0.3 is 20.8 Å². The summed E-state index contributed by atoms with van der Waals surface area (Å²) in [7, 11) is 0. The van der Waals surface area contributed by atoms with Crippen LogP contribution in [0.25, 0.3) is 0 Å². The molecular formula is C14H20N2O4. The van der Waals surface area contributed by atoms with Gasteiger partial charge in [0, 0.05) is 6.04 Å². The molecule has 6 nitrogen and oxygen atoms in total. The number of hydrogen-bond acceptors (Lipinski definition) is 3. The molecule has 0 spiro atoms. The second kappa shape index (κ2) is 8.16. The van der Waals surface area contributed by atoms with E-state index in [2.05, 4.69) is 10.6 Å². The number of rotatable bonds is 7. The fourth-order valence-corrected chi connectivity index (χ4v) is 1.65. The molecule has 110 valence electrons. The summed E-state index contributed by atoms with van der Waals surface area (Å²) in [5.41, 5.74) is 1.20. The van der Waals surface area contributed by atoms with Crippen LogP contribution in [0.4, 0.5) is 4.79 Å². The van der Waals surface area contributed by atoms with E-state index >= 15 is 0 Å². The number of carboxylic acids is 1. The second-order valence-electron chi connectivity index (χ2n) is 4.63. The summed E-state index contributed by atoms with van der Waals surface area (Å²) >= 11 is 0. The van der Waals surface area contributed by atoms with Crippen molar-refractivity contribution in [3.63, 3.8) is 0 Å². The number of carboxylic acid groups (broad SMARTS) is 1. The van der Waals surface area contributed by atoms with Crippen LogP contribution in [-0.2, 0) is 11.2 Å². The fraction of sp³-hybridized carbons (Fsp3) is 0.429. The van der Waals surface area contributed by atoms with E-state index < -0.39 is 18.1 Å². The van der Waals surface area contributed by atoms with Crippen LogP contribution in [0.1, 0.15) is 18.9 Å². The first-order valence-electron chi connectivity index (χ1n) is 6.48. The summed E-state index contributed by atoms with van der Waals surface area (Å²) < 4.78 is 0. The standard InChI is InChI=1S/C14H20N2O4/c1-10(7-8-11-5-3-2-4-6-11)16-14(20)15-9-12(17)13(18)19/h2-6,10,12,17H,7-9H2,1H3,(H,18,19)(H2,15,16,20). The van der Waals surface area contributed by atoms with Gasteiger partial charge in [-0.05, 0) is 25.3 Å². The lowest BCUT2D eigenvalue weighted by molar-refractivity contribution is -0.146. The van der Waals surface area contributed by atoms with Crippen LogP contribution >= 0.6 is 0 Å². The van der Waals surface area contributed by atoms with Crippen molar-refractivity contribution in [2.45, 2.75) is 31.9 Å². The molecule has 0 aromatic heterocycles. The molecule has 0 bridgehead atoms. The lowest BCUT2D eigenvalue weighted by Crippen LogP contribution is -2.45. The van der Waals surface area contributed by atoms with Gasteiger partial charge in [-0.1, -0.05) is 30.3 Å². The van der Waals surface area contributed by atoms with E-state index in [4.69, 9.17) is 10.2 Å². The summed E-state index contributed by atoms with van der Waals surface area (Å²) in [6, 6.07) is 9.40. The van der Waals surface area contributed by atoms with E-state index in [0.29, 0.717) is 0 Å². The molecule has 2 unspecified atom stereocenters. The Balaban J connectivity index is 2.23. The Morgan fingerprint density at radius 1 is 1.25 bits per heavy atom. The van der Waals surface area contributed by atoms with Crippen LogP contribution in [-0.4, -0.2) is 40.9 Å². The predicted octanol–water partition coefficient (Wildman–Crippen LogP) is 0.752. The molecule has 2 atom stereocenters. The van der Waals surface area contributed by atoms with Crippen molar-refractivity contribution in [3.05, 3.63) is 35.9 Å². The Bertz CT molecular complexity index is 436. The van der Waals surface area contributed by atoms with E-state index in [9.17, 15) is 9.59 Å². The normalized spacial score (nSPS) is 13.3. The van der Waals surface area contributed by atoms with Crippen molar-refractivity contribution in [2.75, 3.05) is 6.54 Å². The van der Waals surface area contributed by atoms with E-state index in [-0.39, 0.29) is 12.6 Å². The van der Waals surface area contributed by atoms with Crippen LogP contribution in [0, 0.1) is 0 Å². The van der Waals surface area contributed by atoms with Crippen molar-refractivity contribution in [1.82, 2.24) is 10.6 Å². The predicted molar refractivity (Wildman–Crippen MR) is 74.4 cm³/mol. The zero-order valence-electron chi connectivity index (χ0n) is 11.4. The number of nitrogens with one attached hydrogen (secondary N) is 2. The lowest BCUT2D eigenvalue weighted by atomic mass is 10.1. The second-order valence-corrected chi connectivity index (χ2v) is 4.63. The van der Waals surface area contributed by atoms with Gasteiger partial charge in [0.05, 0.1) is 6.54 Å². The van der Waals surface area contributed by atoms with Crippen LogP contribution < -0.4 is 10.6 Å². The number of urea groups is 1. The van der Waals surface area contributed by atoms with Crippen molar-refractivity contribution < 1.29 is 19.8 Å². The zero-order chi connectivity index (χ0) is 15.0. The average molecular weight is 280 g/mol. The molecule has 0 aliphatic rings. The Hall–Kier alpha value is -2.08. The highest BCUT2D eigenvalue weighted by Crippen LogP contribution is 2.04. The largest absolute Gasteiger partial charge is 0.479 e. The molecule has 0 aliphatic carbocycles. The van der Waals surface area contributed by atoms with Gasteiger partial charge >= 0.3 is 12.0 Å². The molecular weight excluding hydrogens is 260 g/mol. The summed E-state index contributed by atoms with van der Waals surface area (Å²) in [5, 5.41) is 22.5. The number of aliphatic carboxylic acids is 1. The van der Waals surface area contributed by atoms with Crippen LogP contribution in [0.3, 0.4) is 0 Å². The number of aliphatic hydroxyl groups is 1. The highest BCUT2D eigenvalue weighted by Gasteiger charge is 2.14. The smallest absolute Gasteiger partial charge is 0.334 e. The van der Waals surface area contributed by atoms with Crippen molar-refractivity contribution in [1.29, 1.82) is 0 Å². The van der Waals surface area contributed by atoms with E-state index in [1.165, 1.54) is 5.56 Å². The van der Waals surface area contributed by atoms with Gasteiger partial charge in [0.1, 0.15) is 0 Å². The van der Waals surface area contributed by atoms with Gasteiger partial charge in [0.2, 0.25) is 0 Å². The topological polar surface area (TPSA) is 98.7 Å². The first-order valence-corrected chi connectivity index (χ1v) is 6.48. The number of carbonyl (C=O) groups is 2. The molecule has 20 heavy (non-hydrogen) atoms. The summed E-state index contributed by atoms with van der Waals surface area (Å²) in [4.78, 5) is 21.8. The number of hydrogen-bond donors (Lipinski definition) is 4. The monoisotopic (exact) mass is 280 g/mol. The minimum Gasteiger partial charge on any atom is -0.479 e. The molecule has 0 fully saturated rings. The minimum atomic E-state index is -1.58. The minimum absolute atomic E-state index is 0.0443. The van der Waals surface area contributed by atoms with Crippen LogP contribution in [0.5, 0.6) is 0 Å². The molecule has 1 aromatic carbocycles. The highest BCUT2D eigenvalue weighted by atomic mass is 16.4. The van der Waals surface area contributed by atoms with Crippen LogP contribution in [0.2, 0.25) is 0 Å². The third-order valence-electron chi connectivity index (χ3n) is 2.83. The number of amides is 2. The Morgan fingerprint density at radius 3 is 2.50 bits per heavy atom. The van der Waals surface area contributed by atoms with Gasteiger partial charge in [-0.15, -0.1) is 0 Å². The highest BCUT2D eigenvalue weighted by molar-refractivity contribution is 5.76. The maximum Gasteiger partial charge on any atom is 0.334 e. The summed E-state index contributed by atoms with van der Waals surface area (Å²) in [6.45, 7) is 1.56.